The molecule has 1 saturated heterocycles. The van der Waals surface area contributed by atoms with Crippen LogP contribution < -0.4 is 10.1 Å². The van der Waals surface area contributed by atoms with Gasteiger partial charge in [0, 0.05) is 42.8 Å². The molecule has 1 aromatic heterocycles. The maximum atomic E-state index is 12.8. The Hall–Kier alpha value is -4.64. The smallest absolute Gasteiger partial charge is 0.255 e. The summed E-state index contributed by atoms with van der Waals surface area (Å²) in [4.78, 5) is 30.2. The summed E-state index contributed by atoms with van der Waals surface area (Å²) in [5, 5.41) is 19.4. The van der Waals surface area contributed by atoms with Gasteiger partial charge in [-0.05, 0) is 49.7 Å². The van der Waals surface area contributed by atoms with E-state index >= 15 is 0 Å². The summed E-state index contributed by atoms with van der Waals surface area (Å²) in [5.74, 6) is 0.207. The fraction of sp³-hybridized carbons (Fsp3) is 0.185. The van der Waals surface area contributed by atoms with Crippen LogP contribution in [-0.4, -0.2) is 41.0 Å². The average Bonchev–Trinajstić information content (AvgIpc) is 3.21. The molecule has 2 aromatic carbocycles. The Morgan fingerprint density at radius 1 is 1.20 bits per heavy atom. The quantitative estimate of drug-likeness (QED) is 0.348. The monoisotopic (exact) mass is 467 g/mol. The highest BCUT2D eigenvalue weighted by Gasteiger charge is 2.32. The molecule has 3 aromatic rings. The molecule has 3 N–H and O–H groups in total. The zero-order chi connectivity index (χ0) is 24.9. The number of hydrogen-bond donors (Lipinski definition) is 3. The van der Waals surface area contributed by atoms with E-state index in [0.29, 0.717) is 52.7 Å². The second-order valence-electron chi connectivity index (χ2n) is 8.39. The number of likely N-dealkylation sites (tertiary alicyclic amines) is 1. The van der Waals surface area contributed by atoms with Crippen molar-refractivity contribution in [2.45, 2.75) is 13.8 Å². The molecular weight excluding hydrogens is 442 g/mol. The topological polar surface area (TPSA) is 122 Å². The van der Waals surface area contributed by atoms with E-state index in [1.807, 2.05) is 31.2 Å². The zero-order valence-electron chi connectivity index (χ0n) is 19.5. The van der Waals surface area contributed by atoms with Gasteiger partial charge >= 0.3 is 0 Å². The minimum absolute atomic E-state index is 0.121. The highest BCUT2D eigenvalue weighted by atomic mass is 16.5. The van der Waals surface area contributed by atoms with Gasteiger partial charge in [-0.3, -0.25) is 9.59 Å². The van der Waals surface area contributed by atoms with E-state index in [9.17, 15) is 9.59 Å². The molecule has 0 radical (unpaired) electrons. The number of anilines is 1. The van der Waals surface area contributed by atoms with E-state index in [0.717, 1.165) is 11.8 Å². The lowest BCUT2D eigenvalue weighted by Gasteiger charge is -2.35. The zero-order valence-corrected chi connectivity index (χ0v) is 19.5. The van der Waals surface area contributed by atoms with Gasteiger partial charge in [0.2, 0.25) is 0 Å². The molecule has 0 spiro atoms. The second-order valence-corrected chi connectivity index (χ2v) is 8.39. The van der Waals surface area contributed by atoms with Crippen LogP contribution in [0.3, 0.4) is 0 Å². The highest BCUT2D eigenvalue weighted by molar-refractivity contribution is 6.04. The highest BCUT2D eigenvalue weighted by Crippen LogP contribution is 2.27. The number of amides is 2. The number of hydrogen-bond acceptors (Lipinski definition) is 5. The van der Waals surface area contributed by atoms with Gasteiger partial charge in [-0.2, -0.15) is 5.26 Å². The van der Waals surface area contributed by atoms with Crippen molar-refractivity contribution in [2.75, 3.05) is 18.4 Å². The van der Waals surface area contributed by atoms with E-state index in [1.165, 1.54) is 6.08 Å². The lowest BCUT2D eigenvalue weighted by molar-refractivity contribution is 0.0576. The third-order valence-electron chi connectivity index (χ3n) is 5.84. The number of nitrogens with zero attached hydrogens (tertiary/aromatic N) is 2. The van der Waals surface area contributed by atoms with Crippen molar-refractivity contribution in [2.24, 2.45) is 5.92 Å². The third kappa shape index (κ3) is 5.14. The van der Waals surface area contributed by atoms with E-state index < -0.39 is 0 Å². The first-order valence-electron chi connectivity index (χ1n) is 11.1. The van der Waals surface area contributed by atoms with Crippen molar-refractivity contribution in [1.82, 2.24) is 9.88 Å². The first-order chi connectivity index (χ1) is 16.9. The van der Waals surface area contributed by atoms with Crippen molar-refractivity contribution in [3.63, 3.8) is 0 Å². The summed E-state index contributed by atoms with van der Waals surface area (Å²) in [6.45, 7) is 4.62. The van der Waals surface area contributed by atoms with Crippen LogP contribution in [0.1, 0.15) is 37.5 Å². The summed E-state index contributed by atoms with van der Waals surface area (Å²) >= 11 is 0. The van der Waals surface area contributed by atoms with E-state index in [2.05, 4.69) is 16.4 Å². The van der Waals surface area contributed by atoms with Crippen molar-refractivity contribution in [3.05, 3.63) is 88.8 Å². The van der Waals surface area contributed by atoms with Crippen LogP contribution in [-0.2, 0) is 0 Å². The number of aromatic nitrogens is 1. The van der Waals surface area contributed by atoms with Crippen LogP contribution in [0.25, 0.3) is 5.76 Å². The summed E-state index contributed by atoms with van der Waals surface area (Å²) < 4.78 is 6.04. The van der Waals surface area contributed by atoms with E-state index in [-0.39, 0.29) is 17.7 Å². The van der Waals surface area contributed by atoms with Gasteiger partial charge < -0.3 is 25.3 Å². The Morgan fingerprint density at radius 3 is 2.63 bits per heavy atom. The number of carbonyl (C=O) groups excluding carboxylic acids is 2. The van der Waals surface area contributed by atoms with Crippen molar-refractivity contribution in [3.8, 4) is 11.8 Å². The average molecular weight is 468 g/mol. The standard InChI is InChI=1S/C27H25N5O3/c1-17-6-8-21(9-7-17)31-26(33)20-4-3-5-22(12-20)35-24(10-11-28)25-18(2)23(14-30-25)27(34)32-15-19(13-29)16-32/h3-12,14,19,28,30H,15-16H2,1-2H3,(H,31,33)/b24-10+,28-11?. The maximum Gasteiger partial charge on any atom is 0.255 e. The fourth-order valence-electron chi connectivity index (χ4n) is 3.78. The summed E-state index contributed by atoms with van der Waals surface area (Å²) in [6, 6.07) is 16.4. The molecule has 2 heterocycles. The number of rotatable bonds is 7. The van der Waals surface area contributed by atoms with Gasteiger partial charge in [0.25, 0.3) is 11.8 Å². The Morgan fingerprint density at radius 2 is 1.94 bits per heavy atom. The van der Waals surface area contributed by atoms with Gasteiger partial charge in [0.15, 0.2) is 5.76 Å². The first-order valence-corrected chi connectivity index (χ1v) is 11.1. The molecule has 4 rings (SSSR count). The molecule has 35 heavy (non-hydrogen) atoms. The normalized spacial score (nSPS) is 13.5. The molecule has 0 atom stereocenters. The molecule has 1 aliphatic rings. The number of H-pyrrole nitrogens is 1. The Kier molecular flexibility index (Phi) is 6.78. The minimum atomic E-state index is -0.272. The molecule has 0 unspecified atom stereocenters. The predicted molar refractivity (Wildman–Crippen MR) is 133 cm³/mol. The number of aromatic amines is 1. The van der Waals surface area contributed by atoms with E-state index in [1.54, 1.807) is 42.3 Å². The van der Waals surface area contributed by atoms with Crippen LogP contribution >= 0.6 is 0 Å². The molecule has 1 aliphatic heterocycles. The van der Waals surface area contributed by atoms with Crippen molar-refractivity contribution >= 4 is 29.5 Å². The number of nitrogens with one attached hydrogen (secondary N) is 3. The summed E-state index contributed by atoms with van der Waals surface area (Å²) in [5.41, 5.74) is 3.94. The molecule has 8 nitrogen and oxygen atoms in total. The van der Waals surface area contributed by atoms with Crippen LogP contribution in [0, 0.1) is 36.5 Å². The molecule has 8 heteroatoms. The largest absolute Gasteiger partial charge is 0.455 e. The predicted octanol–water partition coefficient (Wildman–Crippen LogP) is 4.55. The number of aryl methyl sites for hydroxylation is 1. The molecule has 0 bridgehead atoms. The lowest BCUT2D eigenvalue weighted by Crippen LogP contribution is -2.49. The fourth-order valence-corrected chi connectivity index (χ4v) is 3.78. The molecule has 0 aliphatic carbocycles. The number of nitriles is 1. The van der Waals surface area contributed by atoms with Crippen molar-refractivity contribution in [1.29, 1.82) is 10.7 Å². The van der Waals surface area contributed by atoms with Crippen LogP contribution in [0.15, 0.2) is 60.8 Å². The number of ether oxygens (including phenoxy) is 1. The van der Waals surface area contributed by atoms with Gasteiger partial charge in [-0.1, -0.05) is 23.8 Å². The van der Waals surface area contributed by atoms with Crippen LogP contribution in [0.2, 0.25) is 0 Å². The summed E-state index contributed by atoms with van der Waals surface area (Å²) in [7, 11) is 0. The number of benzene rings is 2. The Bertz CT molecular complexity index is 1340. The maximum absolute atomic E-state index is 12.8. The molecule has 176 valence electrons. The Labute approximate surface area is 203 Å². The van der Waals surface area contributed by atoms with Gasteiger partial charge in [-0.25, -0.2) is 0 Å². The van der Waals surface area contributed by atoms with Gasteiger partial charge in [0.1, 0.15) is 5.75 Å². The van der Waals surface area contributed by atoms with Gasteiger partial charge in [0.05, 0.1) is 23.2 Å². The van der Waals surface area contributed by atoms with Crippen molar-refractivity contribution < 1.29 is 14.3 Å². The SMILES string of the molecule is Cc1ccc(NC(=O)c2cccc(O/C(=C/C=N)c3[nH]cc(C(=O)N4CC(C#N)C4)c3C)c2)cc1. The molecular formula is C27H25N5O3. The Balaban J connectivity index is 1.51. The first kappa shape index (κ1) is 23.5. The lowest BCUT2D eigenvalue weighted by atomic mass is 10.00. The molecule has 0 saturated carbocycles. The van der Waals surface area contributed by atoms with Gasteiger partial charge in [-0.15, -0.1) is 0 Å². The minimum Gasteiger partial charge on any atom is -0.455 e. The second kappa shape index (κ2) is 10.1. The van der Waals surface area contributed by atoms with E-state index in [4.69, 9.17) is 15.4 Å². The summed E-state index contributed by atoms with van der Waals surface area (Å²) in [6.07, 6.45) is 4.18. The number of carbonyl (C=O) groups is 2. The van der Waals surface area contributed by atoms with Crippen LogP contribution in [0.5, 0.6) is 5.75 Å². The molecule has 1 fully saturated rings. The van der Waals surface area contributed by atoms with Crippen LogP contribution in [0.4, 0.5) is 5.69 Å². The third-order valence-corrected chi connectivity index (χ3v) is 5.84. The number of allylic oxidation sites excluding steroid dienone is 1. The molecule has 2 amide bonds.